The van der Waals surface area contributed by atoms with Crippen LogP contribution in [0.2, 0.25) is 0 Å². The van der Waals surface area contributed by atoms with Gasteiger partial charge in [-0.1, -0.05) is 25.1 Å². The van der Waals surface area contributed by atoms with E-state index in [0.29, 0.717) is 12.1 Å². The van der Waals surface area contributed by atoms with Gasteiger partial charge in [-0.2, -0.15) is 0 Å². The number of hydrogen-bond donors (Lipinski definition) is 1. The fourth-order valence-corrected chi connectivity index (χ4v) is 4.44. The van der Waals surface area contributed by atoms with Crippen LogP contribution in [0, 0.1) is 5.92 Å². The molecule has 0 aromatic heterocycles. The summed E-state index contributed by atoms with van der Waals surface area (Å²) in [5.74, 6) is 1.88. The smallest absolute Gasteiger partial charge is 0.124 e. The molecule has 0 saturated carbocycles. The number of hydrogen-bond acceptors (Lipinski definition) is 4. The predicted molar refractivity (Wildman–Crippen MR) is 104 cm³/mol. The number of rotatable bonds is 6. The highest BCUT2D eigenvalue weighted by molar-refractivity contribution is 5.36. The van der Waals surface area contributed by atoms with Gasteiger partial charge < -0.3 is 15.0 Å². The normalized spacial score (nSPS) is 27.2. The molecule has 3 rings (SSSR count). The van der Waals surface area contributed by atoms with Gasteiger partial charge in [0.15, 0.2) is 0 Å². The second-order valence-electron chi connectivity index (χ2n) is 7.78. The van der Waals surface area contributed by atoms with Gasteiger partial charge in [-0.25, -0.2) is 0 Å². The van der Waals surface area contributed by atoms with Crippen molar-refractivity contribution < 1.29 is 4.74 Å². The Morgan fingerprint density at radius 2 is 2.08 bits per heavy atom. The van der Waals surface area contributed by atoms with E-state index in [2.05, 4.69) is 60.2 Å². The fraction of sp³-hybridized carbons (Fsp3) is 0.714. The zero-order valence-corrected chi connectivity index (χ0v) is 16.2. The number of nitrogens with one attached hydrogen (secondary N) is 1. The molecule has 1 aromatic carbocycles. The summed E-state index contributed by atoms with van der Waals surface area (Å²) >= 11 is 0. The quantitative estimate of drug-likeness (QED) is 0.857. The van der Waals surface area contributed by atoms with Crippen molar-refractivity contribution in [2.24, 2.45) is 5.92 Å². The van der Waals surface area contributed by atoms with E-state index in [0.717, 1.165) is 44.5 Å². The van der Waals surface area contributed by atoms with Crippen LogP contribution in [-0.2, 0) is 0 Å². The number of ether oxygens (including phenoxy) is 1. The van der Waals surface area contributed by atoms with Gasteiger partial charge in [0.2, 0.25) is 0 Å². The standard InChI is InChI=1S/C21H35N3O/c1-4-25-21-10-6-5-9-19(21)20(24-13-11-22-14-18(24)3)16-23-12-7-8-17(2)15-23/h5-6,9-10,17-18,20,22H,4,7-8,11-16H2,1-3H3. The van der Waals surface area contributed by atoms with Crippen molar-refractivity contribution in [1.82, 2.24) is 15.1 Å². The van der Waals surface area contributed by atoms with Crippen molar-refractivity contribution in [3.05, 3.63) is 29.8 Å². The first-order valence-corrected chi connectivity index (χ1v) is 10.1. The molecular weight excluding hydrogens is 310 g/mol. The Balaban J connectivity index is 1.86. The maximum Gasteiger partial charge on any atom is 0.124 e. The summed E-state index contributed by atoms with van der Waals surface area (Å²) in [5, 5.41) is 3.53. The molecule has 0 radical (unpaired) electrons. The lowest BCUT2D eigenvalue weighted by atomic mass is 9.96. The van der Waals surface area contributed by atoms with Gasteiger partial charge in [-0.3, -0.25) is 4.90 Å². The minimum atomic E-state index is 0.408. The van der Waals surface area contributed by atoms with Gasteiger partial charge in [-0.05, 0) is 45.2 Å². The summed E-state index contributed by atoms with van der Waals surface area (Å²) in [5.41, 5.74) is 1.36. The predicted octanol–water partition coefficient (Wildman–Crippen LogP) is 3.15. The number of piperazine rings is 1. The fourth-order valence-electron chi connectivity index (χ4n) is 4.44. The maximum absolute atomic E-state index is 5.99. The largest absolute Gasteiger partial charge is 0.494 e. The Morgan fingerprint density at radius 3 is 2.84 bits per heavy atom. The van der Waals surface area contributed by atoms with Crippen LogP contribution in [0.1, 0.15) is 45.2 Å². The molecule has 2 aliphatic rings. The van der Waals surface area contributed by atoms with E-state index in [4.69, 9.17) is 4.74 Å². The highest BCUT2D eigenvalue weighted by Crippen LogP contribution is 2.33. The third-order valence-electron chi connectivity index (χ3n) is 5.70. The maximum atomic E-state index is 5.99. The third-order valence-corrected chi connectivity index (χ3v) is 5.70. The van der Waals surface area contributed by atoms with E-state index < -0.39 is 0 Å². The van der Waals surface area contributed by atoms with E-state index in [1.54, 1.807) is 0 Å². The van der Waals surface area contributed by atoms with Crippen LogP contribution < -0.4 is 10.1 Å². The lowest BCUT2D eigenvalue weighted by molar-refractivity contribution is 0.0685. The molecule has 2 heterocycles. The number of benzene rings is 1. The van der Waals surface area contributed by atoms with Gasteiger partial charge in [0, 0.05) is 44.3 Å². The molecule has 0 amide bonds. The van der Waals surface area contributed by atoms with Crippen LogP contribution in [0.5, 0.6) is 5.75 Å². The molecule has 25 heavy (non-hydrogen) atoms. The first-order chi connectivity index (χ1) is 12.2. The molecule has 1 N–H and O–H groups in total. The number of nitrogens with zero attached hydrogens (tertiary/aromatic N) is 2. The van der Waals surface area contributed by atoms with Crippen LogP contribution in [0.15, 0.2) is 24.3 Å². The van der Waals surface area contributed by atoms with Crippen LogP contribution in [0.3, 0.4) is 0 Å². The summed E-state index contributed by atoms with van der Waals surface area (Å²) in [6.45, 7) is 14.4. The summed E-state index contributed by atoms with van der Waals surface area (Å²) in [6, 6.07) is 9.63. The zero-order valence-electron chi connectivity index (χ0n) is 16.2. The highest BCUT2D eigenvalue weighted by atomic mass is 16.5. The first kappa shape index (κ1) is 18.7. The lowest BCUT2D eigenvalue weighted by Crippen LogP contribution is -2.53. The van der Waals surface area contributed by atoms with Gasteiger partial charge in [0.05, 0.1) is 12.6 Å². The van der Waals surface area contributed by atoms with E-state index >= 15 is 0 Å². The Hall–Kier alpha value is -1.10. The lowest BCUT2D eigenvalue weighted by Gasteiger charge is -2.43. The third kappa shape index (κ3) is 4.75. The number of likely N-dealkylation sites (tertiary alicyclic amines) is 1. The molecule has 3 atom stereocenters. The average molecular weight is 346 g/mol. The van der Waals surface area contributed by atoms with Gasteiger partial charge in [0.25, 0.3) is 0 Å². The molecule has 4 heteroatoms. The SMILES string of the molecule is CCOc1ccccc1C(CN1CCCC(C)C1)N1CCNCC1C. The first-order valence-electron chi connectivity index (χ1n) is 10.1. The van der Waals surface area contributed by atoms with Crippen LogP contribution >= 0.6 is 0 Å². The minimum absolute atomic E-state index is 0.408. The van der Waals surface area contributed by atoms with E-state index in [9.17, 15) is 0 Å². The molecule has 0 spiro atoms. The Labute approximate surface area is 153 Å². The minimum Gasteiger partial charge on any atom is -0.494 e. The summed E-state index contributed by atoms with van der Waals surface area (Å²) in [6.07, 6.45) is 2.71. The van der Waals surface area contributed by atoms with Crippen molar-refractivity contribution in [3.63, 3.8) is 0 Å². The number of piperidine rings is 1. The second kappa shape index (κ2) is 9.02. The van der Waals surface area contributed by atoms with E-state index in [1.807, 2.05) is 0 Å². The van der Waals surface area contributed by atoms with Crippen molar-refractivity contribution in [2.75, 3.05) is 45.9 Å². The Morgan fingerprint density at radius 1 is 1.24 bits per heavy atom. The Kier molecular flexibility index (Phi) is 6.74. The molecule has 4 nitrogen and oxygen atoms in total. The molecular formula is C21H35N3O. The van der Waals surface area contributed by atoms with Crippen LogP contribution in [0.4, 0.5) is 0 Å². The topological polar surface area (TPSA) is 27.7 Å². The average Bonchev–Trinajstić information content (AvgIpc) is 2.61. The molecule has 2 saturated heterocycles. The molecule has 1 aromatic rings. The summed E-state index contributed by atoms with van der Waals surface area (Å²) < 4.78 is 5.99. The van der Waals surface area contributed by atoms with Crippen molar-refractivity contribution in [1.29, 1.82) is 0 Å². The van der Waals surface area contributed by atoms with Crippen LogP contribution in [-0.4, -0.2) is 61.7 Å². The van der Waals surface area contributed by atoms with Crippen molar-refractivity contribution >= 4 is 0 Å². The molecule has 0 aliphatic carbocycles. The zero-order chi connectivity index (χ0) is 17.6. The van der Waals surface area contributed by atoms with Crippen molar-refractivity contribution in [2.45, 2.75) is 45.7 Å². The number of para-hydroxylation sites is 1. The summed E-state index contributed by atoms with van der Waals surface area (Å²) in [7, 11) is 0. The molecule has 2 fully saturated rings. The summed E-state index contributed by atoms with van der Waals surface area (Å²) in [4.78, 5) is 5.37. The molecule has 140 valence electrons. The molecule has 0 bridgehead atoms. The van der Waals surface area contributed by atoms with Gasteiger partial charge in [0.1, 0.15) is 5.75 Å². The monoisotopic (exact) mass is 345 g/mol. The van der Waals surface area contributed by atoms with Gasteiger partial charge in [-0.15, -0.1) is 0 Å². The molecule has 3 unspecified atom stereocenters. The Bertz CT molecular complexity index is 536. The molecule has 2 aliphatic heterocycles. The van der Waals surface area contributed by atoms with Crippen LogP contribution in [0.25, 0.3) is 0 Å². The van der Waals surface area contributed by atoms with Gasteiger partial charge >= 0.3 is 0 Å². The van der Waals surface area contributed by atoms with Crippen molar-refractivity contribution in [3.8, 4) is 5.75 Å². The highest BCUT2D eigenvalue weighted by Gasteiger charge is 2.31. The van der Waals surface area contributed by atoms with E-state index in [1.165, 1.54) is 31.5 Å². The van der Waals surface area contributed by atoms with E-state index in [-0.39, 0.29) is 0 Å². The second-order valence-corrected chi connectivity index (χ2v) is 7.78.